The number of fused-ring (bicyclic) bond motifs is 1. The van der Waals surface area contributed by atoms with Gasteiger partial charge in [-0.05, 0) is 37.0 Å². The van der Waals surface area contributed by atoms with E-state index in [9.17, 15) is 13.6 Å². The fourth-order valence-electron chi connectivity index (χ4n) is 2.77. The minimum atomic E-state index is -0.815. The number of aromatic nitrogens is 2. The van der Waals surface area contributed by atoms with Gasteiger partial charge in [-0.1, -0.05) is 24.3 Å². The zero-order valence-corrected chi connectivity index (χ0v) is 12.8. The van der Waals surface area contributed by atoms with Gasteiger partial charge in [0.2, 0.25) is 0 Å². The highest BCUT2D eigenvalue weighted by atomic mass is 19.1. The summed E-state index contributed by atoms with van der Waals surface area (Å²) in [6, 6.07) is 10.8. The predicted octanol–water partition coefficient (Wildman–Crippen LogP) is 3.98. The molecule has 0 bridgehead atoms. The van der Waals surface area contributed by atoms with Gasteiger partial charge in [-0.15, -0.1) is 0 Å². The van der Waals surface area contributed by atoms with Crippen LogP contribution < -0.4 is 5.32 Å². The van der Waals surface area contributed by atoms with Gasteiger partial charge in [-0.2, -0.15) is 5.10 Å². The van der Waals surface area contributed by atoms with Crippen molar-refractivity contribution in [2.24, 2.45) is 5.92 Å². The Morgan fingerprint density at radius 2 is 1.83 bits per heavy atom. The Labute approximate surface area is 137 Å². The summed E-state index contributed by atoms with van der Waals surface area (Å²) < 4.78 is 29.3. The Morgan fingerprint density at radius 3 is 2.54 bits per heavy atom. The second-order valence-corrected chi connectivity index (χ2v) is 6.04. The molecule has 0 aliphatic heterocycles. The average Bonchev–Trinajstić information content (AvgIpc) is 3.31. The van der Waals surface area contributed by atoms with Gasteiger partial charge >= 0.3 is 0 Å². The largest absolute Gasteiger partial charge is 0.316 e. The molecule has 1 heterocycles. The summed E-state index contributed by atoms with van der Waals surface area (Å²) in [5.74, 6) is -1.66. The number of hydrogen-bond acceptors (Lipinski definition) is 2. The summed E-state index contributed by atoms with van der Waals surface area (Å²) in [7, 11) is 0. The maximum Gasteiger partial charge on any atom is 0.276 e. The van der Waals surface area contributed by atoms with Crippen LogP contribution in [0, 0.1) is 17.6 Å². The van der Waals surface area contributed by atoms with Crippen LogP contribution in [-0.2, 0) is 6.54 Å². The zero-order chi connectivity index (χ0) is 16.7. The number of nitrogens with zero attached hydrogens (tertiary/aromatic N) is 2. The molecule has 0 saturated heterocycles. The summed E-state index contributed by atoms with van der Waals surface area (Å²) in [6.07, 6.45) is 2.33. The number of nitrogens with one attached hydrogen (secondary N) is 1. The summed E-state index contributed by atoms with van der Waals surface area (Å²) >= 11 is 0. The SMILES string of the molecule is O=C(Nc1c(F)cccc1F)c1nn(CC2CC2)c2ccccc12. The molecule has 6 heteroatoms. The van der Waals surface area contributed by atoms with Gasteiger partial charge in [-0.3, -0.25) is 9.48 Å². The minimum absolute atomic E-state index is 0.175. The van der Waals surface area contributed by atoms with E-state index < -0.39 is 23.2 Å². The monoisotopic (exact) mass is 327 g/mol. The lowest BCUT2D eigenvalue weighted by atomic mass is 10.2. The summed E-state index contributed by atoms with van der Waals surface area (Å²) in [5, 5.41) is 7.36. The van der Waals surface area contributed by atoms with Crippen LogP contribution in [0.4, 0.5) is 14.5 Å². The van der Waals surface area contributed by atoms with Crippen molar-refractivity contribution in [3.8, 4) is 0 Å². The molecular weight excluding hydrogens is 312 g/mol. The van der Waals surface area contributed by atoms with Crippen LogP contribution in [0.25, 0.3) is 10.9 Å². The third-order valence-corrected chi connectivity index (χ3v) is 4.20. The number of rotatable bonds is 4. The van der Waals surface area contributed by atoms with Crippen molar-refractivity contribution in [1.29, 1.82) is 0 Å². The molecule has 1 aliphatic carbocycles. The quantitative estimate of drug-likeness (QED) is 0.788. The van der Waals surface area contributed by atoms with Gasteiger partial charge < -0.3 is 5.32 Å². The molecule has 24 heavy (non-hydrogen) atoms. The molecule has 122 valence electrons. The molecule has 1 amide bonds. The molecule has 1 N–H and O–H groups in total. The average molecular weight is 327 g/mol. The molecule has 1 saturated carbocycles. The molecule has 2 aromatic carbocycles. The third kappa shape index (κ3) is 2.64. The molecule has 0 spiro atoms. The molecule has 1 fully saturated rings. The van der Waals surface area contributed by atoms with Crippen molar-refractivity contribution < 1.29 is 13.6 Å². The van der Waals surface area contributed by atoms with Crippen LogP contribution in [0.15, 0.2) is 42.5 Å². The highest BCUT2D eigenvalue weighted by molar-refractivity contribution is 6.11. The molecule has 4 rings (SSSR count). The molecule has 4 nitrogen and oxygen atoms in total. The van der Waals surface area contributed by atoms with E-state index in [1.807, 2.05) is 18.2 Å². The van der Waals surface area contributed by atoms with Crippen molar-refractivity contribution in [3.05, 3.63) is 59.8 Å². The van der Waals surface area contributed by atoms with Crippen LogP contribution in [0.5, 0.6) is 0 Å². The fraction of sp³-hybridized carbons (Fsp3) is 0.222. The van der Waals surface area contributed by atoms with E-state index in [0.717, 1.165) is 37.0 Å². The van der Waals surface area contributed by atoms with Crippen LogP contribution >= 0.6 is 0 Å². The van der Waals surface area contributed by atoms with Crippen molar-refractivity contribution in [2.45, 2.75) is 19.4 Å². The second kappa shape index (κ2) is 5.70. The van der Waals surface area contributed by atoms with E-state index in [2.05, 4.69) is 10.4 Å². The van der Waals surface area contributed by atoms with Crippen molar-refractivity contribution in [1.82, 2.24) is 9.78 Å². The Balaban J connectivity index is 1.71. The number of hydrogen-bond donors (Lipinski definition) is 1. The number of amides is 1. The Kier molecular flexibility index (Phi) is 3.52. The number of para-hydroxylation sites is 2. The van der Waals surface area contributed by atoms with Crippen molar-refractivity contribution in [3.63, 3.8) is 0 Å². The summed E-state index contributed by atoms with van der Waals surface area (Å²) in [5.41, 5.74) is 0.570. The lowest BCUT2D eigenvalue weighted by Crippen LogP contribution is -2.16. The lowest BCUT2D eigenvalue weighted by Gasteiger charge is -2.06. The van der Waals surface area contributed by atoms with Gasteiger partial charge in [0.15, 0.2) is 5.69 Å². The maximum absolute atomic E-state index is 13.7. The van der Waals surface area contributed by atoms with Gasteiger partial charge in [0, 0.05) is 11.9 Å². The fourth-order valence-corrected chi connectivity index (χ4v) is 2.77. The van der Waals surface area contributed by atoms with E-state index >= 15 is 0 Å². The molecule has 1 aromatic heterocycles. The first kappa shape index (κ1) is 14.8. The van der Waals surface area contributed by atoms with E-state index in [1.165, 1.54) is 6.07 Å². The van der Waals surface area contributed by atoms with Gasteiger partial charge in [0.25, 0.3) is 5.91 Å². The zero-order valence-electron chi connectivity index (χ0n) is 12.8. The van der Waals surface area contributed by atoms with Crippen molar-refractivity contribution in [2.75, 3.05) is 5.32 Å². The highest BCUT2D eigenvalue weighted by Gasteiger charge is 2.25. The first-order valence-corrected chi connectivity index (χ1v) is 7.84. The van der Waals surface area contributed by atoms with E-state index in [4.69, 9.17) is 0 Å². The van der Waals surface area contributed by atoms with E-state index in [0.29, 0.717) is 11.3 Å². The first-order chi connectivity index (χ1) is 11.6. The van der Waals surface area contributed by atoms with Gasteiger partial charge in [0.05, 0.1) is 5.52 Å². The standard InChI is InChI=1S/C18H15F2N3O/c19-13-5-3-6-14(20)17(13)21-18(24)16-12-4-1-2-7-15(12)23(22-16)10-11-8-9-11/h1-7,11H,8-10H2,(H,21,24). The van der Waals surface area contributed by atoms with Gasteiger partial charge in [0.1, 0.15) is 17.3 Å². The predicted molar refractivity (Wildman–Crippen MR) is 86.8 cm³/mol. The van der Waals surface area contributed by atoms with E-state index in [-0.39, 0.29) is 5.69 Å². The maximum atomic E-state index is 13.7. The second-order valence-electron chi connectivity index (χ2n) is 6.04. The lowest BCUT2D eigenvalue weighted by molar-refractivity contribution is 0.102. The number of carbonyl (C=O) groups is 1. The number of benzene rings is 2. The number of anilines is 1. The Morgan fingerprint density at radius 1 is 1.12 bits per heavy atom. The number of halogens is 2. The van der Waals surface area contributed by atoms with Crippen LogP contribution in [-0.4, -0.2) is 15.7 Å². The van der Waals surface area contributed by atoms with E-state index in [1.54, 1.807) is 10.7 Å². The van der Waals surface area contributed by atoms with Crippen LogP contribution in [0.1, 0.15) is 23.3 Å². The number of carbonyl (C=O) groups excluding carboxylic acids is 1. The van der Waals surface area contributed by atoms with Crippen LogP contribution in [0.2, 0.25) is 0 Å². The topological polar surface area (TPSA) is 46.9 Å². The summed E-state index contributed by atoms with van der Waals surface area (Å²) in [6.45, 7) is 0.752. The molecule has 1 aliphatic rings. The normalized spacial score (nSPS) is 14.1. The Hall–Kier alpha value is -2.76. The highest BCUT2D eigenvalue weighted by Crippen LogP contribution is 2.32. The van der Waals surface area contributed by atoms with Crippen LogP contribution in [0.3, 0.4) is 0 Å². The smallest absolute Gasteiger partial charge is 0.276 e. The molecule has 0 unspecified atom stereocenters. The summed E-state index contributed by atoms with van der Waals surface area (Å²) in [4.78, 5) is 12.5. The molecule has 3 aromatic rings. The Bertz CT molecular complexity index is 911. The minimum Gasteiger partial charge on any atom is -0.316 e. The molecule has 0 radical (unpaired) electrons. The first-order valence-electron chi connectivity index (χ1n) is 7.84. The molecule has 0 atom stereocenters. The van der Waals surface area contributed by atoms with Crippen molar-refractivity contribution >= 4 is 22.5 Å². The third-order valence-electron chi connectivity index (χ3n) is 4.20. The van der Waals surface area contributed by atoms with Gasteiger partial charge in [-0.25, -0.2) is 8.78 Å². The molecular formula is C18H15F2N3O.